The lowest BCUT2D eigenvalue weighted by molar-refractivity contribution is 0.310. The third-order valence-corrected chi connectivity index (χ3v) is 1.95. The molecule has 0 saturated carbocycles. The van der Waals surface area contributed by atoms with Gasteiger partial charge in [-0.15, -0.1) is 0 Å². The summed E-state index contributed by atoms with van der Waals surface area (Å²) in [6.07, 6.45) is 0. The lowest BCUT2D eigenvalue weighted by atomic mass is 10.2. The van der Waals surface area contributed by atoms with Crippen LogP contribution >= 0.6 is 0 Å². The molecule has 0 spiro atoms. The summed E-state index contributed by atoms with van der Waals surface area (Å²) < 4.78 is 1.74. The summed E-state index contributed by atoms with van der Waals surface area (Å²) in [6.45, 7) is 3.01. The summed E-state index contributed by atoms with van der Waals surface area (Å²) in [5, 5.41) is 16.0. The van der Waals surface area contributed by atoms with Gasteiger partial charge >= 0.3 is 0 Å². The average Bonchev–Trinajstić information content (AvgIpc) is 2.37. The number of anilines is 1. The van der Waals surface area contributed by atoms with Crippen molar-refractivity contribution in [3.63, 3.8) is 0 Å². The van der Waals surface area contributed by atoms with Crippen LogP contribution in [0.15, 0.2) is 0 Å². The summed E-state index contributed by atoms with van der Waals surface area (Å²) in [7, 11) is 1.85. The van der Waals surface area contributed by atoms with Crippen molar-refractivity contribution in [2.75, 3.05) is 18.5 Å². The first-order valence-corrected chi connectivity index (χ1v) is 4.28. The standard InChI is InChI=1S/C8H16N4O/c1-6-7(5-9)8(10-3-4-13)12(2)11-6/h10,13H,3-5,9H2,1-2H3. The molecule has 0 aliphatic heterocycles. The highest BCUT2D eigenvalue weighted by molar-refractivity contribution is 5.47. The van der Waals surface area contributed by atoms with E-state index in [-0.39, 0.29) is 6.61 Å². The van der Waals surface area contributed by atoms with Crippen LogP contribution in [0.25, 0.3) is 0 Å². The molecule has 5 nitrogen and oxygen atoms in total. The Morgan fingerprint density at radius 1 is 1.62 bits per heavy atom. The molecule has 0 atom stereocenters. The Kier molecular flexibility index (Phi) is 3.27. The Bertz CT molecular complexity index is 282. The molecule has 13 heavy (non-hydrogen) atoms. The fourth-order valence-corrected chi connectivity index (χ4v) is 1.34. The fraction of sp³-hybridized carbons (Fsp3) is 0.625. The van der Waals surface area contributed by atoms with Crippen molar-refractivity contribution in [1.29, 1.82) is 0 Å². The van der Waals surface area contributed by atoms with E-state index < -0.39 is 0 Å². The lowest BCUT2D eigenvalue weighted by Gasteiger charge is -2.06. The number of hydrogen-bond acceptors (Lipinski definition) is 4. The van der Waals surface area contributed by atoms with Gasteiger partial charge in [-0.2, -0.15) is 5.10 Å². The maximum atomic E-state index is 8.67. The highest BCUT2D eigenvalue weighted by atomic mass is 16.3. The van der Waals surface area contributed by atoms with Gasteiger partial charge in [0.1, 0.15) is 5.82 Å². The van der Waals surface area contributed by atoms with Gasteiger partial charge in [-0.05, 0) is 6.92 Å². The van der Waals surface area contributed by atoms with E-state index >= 15 is 0 Å². The Morgan fingerprint density at radius 2 is 2.31 bits per heavy atom. The molecule has 0 aliphatic carbocycles. The molecule has 1 rings (SSSR count). The Balaban J connectivity index is 2.89. The number of hydrogen-bond donors (Lipinski definition) is 3. The van der Waals surface area contributed by atoms with Crippen LogP contribution in [0.4, 0.5) is 5.82 Å². The second-order valence-electron chi connectivity index (χ2n) is 2.89. The third-order valence-electron chi connectivity index (χ3n) is 1.95. The van der Waals surface area contributed by atoms with Gasteiger partial charge in [-0.3, -0.25) is 4.68 Å². The number of aliphatic hydroxyl groups excluding tert-OH is 1. The number of aromatic nitrogens is 2. The quantitative estimate of drug-likeness (QED) is 0.594. The molecule has 0 aromatic carbocycles. The smallest absolute Gasteiger partial charge is 0.128 e. The fourth-order valence-electron chi connectivity index (χ4n) is 1.34. The highest BCUT2D eigenvalue weighted by Crippen LogP contribution is 2.17. The molecular formula is C8H16N4O. The molecule has 0 saturated heterocycles. The normalized spacial score (nSPS) is 10.5. The van der Waals surface area contributed by atoms with E-state index in [4.69, 9.17) is 10.8 Å². The van der Waals surface area contributed by atoms with Gasteiger partial charge in [-0.25, -0.2) is 0 Å². The monoisotopic (exact) mass is 184 g/mol. The topological polar surface area (TPSA) is 76.1 Å². The minimum Gasteiger partial charge on any atom is -0.395 e. The van der Waals surface area contributed by atoms with Crippen LogP contribution in [0, 0.1) is 6.92 Å². The van der Waals surface area contributed by atoms with Crippen molar-refractivity contribution in [3.8, 4) is 0 Å². The van der Waals surface area contributed by atoms with Gasteiger partial charge in [0, 0.05) is 25.7 Å². The summed E-state index contributed by atoms with van der Waals surface area (Å²) in [5.41, 5.74) is 7.53. The van der Waals surface area contributed by atoms with E-state index in [1.807, 2.05) is 14.0 Å². The van der Waals surface area contributed by atoms with Crippen molar-refractivity contribution in [3.05, 3.63) is 11.3 Å². The first-order chi connectivity index (χ1) is 6.20. The molecular weight excluding hydrogens is 168 g/mol. The maximum absolute atomic E-state index is 8.67. The first-order valence-electron chi connectivity index (χ1n) is 4.28. The van der Waals surface area contributed by atoms with Gasteiger partial charge in [0.25, 0.3) is 0 Å². The van der Waals surface area contributed by atoms with Crippen molar-refractivity contribution >= 4 is 5.82 Å². The van der Waals surface area contributed by atoms with Crippen LogP contribution in [0.2, 0.25) is 0 Å². The SMILES string of the molecule is Cc1nn(C)c(NCCO)c1CN. The molecule has 0 amide bonds. The van der Waals surface area contributed by atoms with Gasteiger partial charge in [-0.1, -0.05) is 0 Å². The van der Waals surface area contributed by atoms with E-state index in [0.717, 1.165) is 17.1 Å². The summed E-state index contributed by atoms with van der Waals surface area (Å²) in [4.78, 5) is 0. The lowest BCUT2D eigenvalue weighted by Crippen LogP contribution is -2.11. The Labute approximate surface area is 77.5 Å². The predicted molar refractivity (Wildman–Crippen MR) is 51.4 cm³/mol. The zero-order valence-electron chi connectivity index (χ0n) is 8.04. The van der Waals surface area contributed by atoms with Gasteiger partial charge in [0.15, 0.2) is 0 Å². The summed E-state index contributed by atoms with van der Waals surface area (Å²) in [6, 6.07) is 0. The third kappa shape index (κ3) is 1.99. The average molecular weight is 184 g/mol. The number of rotatable bonds is 4. The zero-order valence-corrected chi connectivity index (χ0v) is 8.04. The number of nitrogens with zero attached hydrogens (tertiary/aromatic N) is 2. The number of nitrogens with one attached hydrogen (secondary N) is 1. The molecule has 0 bridgehead atoms. The van der Waals surface area contributed by atoms with Crippen LogP contribution in [0.5, 0.6) is 0 Å². The predicted octanol–water partition coefficient (Wildman–Crippen LogP) is -0.409. The minimum absolute atomic E-state index is 0.105. The van der Waals surface area contributed by atoms with E-state index in [2.05, 4.69) is 10.4 Å². The molecule has 1 aromatic rings. The van der Waals surface area contributed by atoms with Crippen molar-refractivity contribution in [2.45, 2.75) is 13.5 Å². The molecule has 4 N–H and O–H groups in total. The number of nitrogens with two attached hydrogens (primary N) is 1. The van der Waals surface area contributed by atoms with Crippen LogP contribution in [0.1, 0.15) is 11.3 Å². The molecule has 1 heterocycles. The van der Waals surface area contributed by atoms with E-state index in [1.54, 1.807) is 4.68 Å². The van der Waals surface area contributed by atoms with Crippen molar-refractivity contribution in [1.82, 2.24) is 9.78 Å². The Hall–Kier alpha value is -1.07. The largest absolute Gasteiger partial charge is 0.395 e. The second-order valence-corrected chi connectivity index (χ2v) is 2.89. The van der Waals surface area contributed by atoms with Gasteiger partial charge in [0.05, 0.1) is 12.3 Å². The van der Waals surface area contributed by atoms with Crippen LogP contribution in [0.3, 0.4) is 0 Å². The molecule has 5 heteroatoms. The second kappa shape index (κ2) is 4.25. The van der Waals surface area contributed by atoms with Crippen molar-refractivity contribution < 1.29 is 5.11 Å². The molecule has 0 unspecified atom stereocenters. The molecule has 0 radical (unpaired) electrons. The first kappa shape index (κ1) is 10.0. The van der Waals surface area contributed by atoms with E-state index in [0.29, 0.717) is 13.1 Å². The summed E-state index contributed by atoms with van der Waals surface area (Å²) in [5.74, 6) is 0.897. The van der Waals surface area contributed by atoms with Crippen molar-refractivity contribution in [2.24, 2.45) is 12.8 Å². The zero-order chi connectivity index (χ0) is 9.84. The van der Waals surface area contributed by atoms with Crippen LogP contribution in [-0.2, 0) is 13.6 Å². The molecule has 0 fully saturated rings. The molecule has 1 aromatic heterocycles. The van der Waals surface area contributed by atoms with Crippen LogP contribution in [-0.4, -0.2) is 28.0 Å². The number of aryl methyl sites for hydroxylation is 2. The summed E-state index contributed by atoms with van der Waals surface area (Å²) >= 11 is 0. The molecule has 74 valence electrons. The maximum Gasteiger partial charge on any atom is 0.128 e. The van der Waals surface area contributed by atoms with Gasteiger partial charge < -0.3 is 16.2 Å². The minimum atomic E-state index is 0.105. The van der Waals surface area contributed by atoms with Crippen LogP contribution < -0.4 is 11.1 Å². The van der Waals surface area contributed by atoms with E-state index in [1.165, 1.54) is 0 Å². The Morgan fingerprint density at radius 3 is 2.85 bits per heavy atom. The van der Waals surface area contributed by atoms with E-state index in [9.17, 15) is 0 Å². The number of aliphatic hydroxyl groups is 1. The molecule has 0 aliphatic rings. The van der Waals surface area contributed by atoms with Gasteiger partial charge in [0.2, 0.25) is 0 Å². The highest BCUT2D eigenvalue weighted by Gasteiger charge is 2.10.